The Balaban J connectivity index is 1.44. The van der Waals surface area contributed by atoms with Crippen molar-refractivity contribution < 1.29 is 23.8 Å². The highest BCUT2D eigenvalue weighted by Gasteiger charge is 2.38. The number of pyridine rings is 1. The number of hydrogen-bond acceptors (Lipinski definition) is 6. The van der Waals surface area contributed by atoms with E-state index in [-0.39, 0.29) is 18.2 Å². The summed E-state index contributed by atoms with van der Waals surface area (Å²) in [6.07, 6.45) is 2.93. The molecule has 0 bridgehead atoms. The number of aliphatic hydroxyl groups excluding tert-OH is 1. The fraction of sp³-hybridized carbons (Fsp3) is 0.345. The van der Waals surface area contributed by atoms with Crippen LogP contribution >= 0.6 is 0 Å². The van der Waals surface area contributed by atoms with E-state index in [1.165, 1.54) is 19.1 Å². The molecule has 2 aromatic carbocycles. The Morgan fingerprint density at radius 1 is 1.16 bits per heavy atom. The molecule has 3 aromatic rings. The van der Waals surface area contributed by atoms with Crippen molar-refractivity contribution in [1.82, 2.24) is 20.5 Å². The number of carbonyl (C=O) groups is 2. The van der Waals surface area contributed by atoms with E-state index in [2.05, 4.69) is 15.6 Å². The standard InChI is InChI=1S/C29H33FN4O4/c1-20(35)33-26(28(36)27-29(37)34(13-12-32-27)19-22-5-3-2-4-6-22)17-23-15-24(30)18-25(16-23)38-14-9-21-7-10-31-11-8-21/h2-8,10-11,15-16,18,26-28,32,36H,9,12-14,17,19H2,1H3,(H,33,35)/t26-,27-,28-/m0/s1. The lowest BCUT2D eigenvalue weighted by Crippen LogP contribution is -2.63. The van der Waals surface area contributed by atoms with Crippen LogP contribution in [-0.4, -0.2) is 64.7 Å². The van der Waals surface area contributed by atoms with Crippen molar-refractivity contribution >= 4 is 11.8 Å². The van der Waals surface area contributed by atoms with E-state index in [1.54, 1.807) is 23.4 Å². The van der Waals surface area contributed by atoms with Crippen LogP contribution in [0.5, 0.6) is 5.75 Å². The number of nitrogens with zero attached hydrogens (tertiary/aromatic N) is 2. The molecule has 9 heteroatoms. The number of nitrogens with one attached hydrogen (secondary N) is 2. The summed E-state index contributed by atoms with van der Waals surface area (Å²) < 4.78 is 20.2. The number of aromatic nitrogens is 1. The number of benzene rings is 2. The van der Waals surface area contributed by atoms with Crippen LogP contribution in [0.1, 0.15) is 23.6 Å². The van der Waals surface area contributed by atoms with E-state index in [9.17, 15) is 19.1 Å². The van der Waals surface area contributed by atoms with Crippen LogP contribution in [0.15, 0.2) is 73.1 Å². The SMILES string of the molecule is CC(=O)N[C@@H](Cc1cc(F)cc(OCCc2ccncc2)c1)[C@H](O)[C@@H]1NCCN(Cc2ccccc2)C1=O. The summed E-state index contributed by atoms with van der Waals surface area (Å²) in [5.41, 5.74) is 2.58. The van der Waals surface area contributed by atoms with Gasteiger partial charge < -0.3 is 25.4 Å². The molecule has 0 unspecified atom stereocenters. The molecular weight excluding hydrogens is 487 g/mol. The number of ether oxygens (including phenoxy) is 1. The van der Waals surface area contributed by atoms with Crippen LogP contribution in [0.4, 0.5) is 4.39 Å². The molecule has 1 aromatic heterocycles. The molecule has 3 N–H and O–H groups in total. The van der Waals surface area contributed by atoms with Gasteiger partial charge in [-0.25, -0.2) is 4.39 Å². The number of amides is 2. The highest BCUT2D eigenvalue weighted by Crippen LogP contribution is 2.21. The van der Waals surface area contributed by atoms with Crippen molar-refractivity contribution in [3.8, 4) is 5.75 Å². The van der Waals surface area contributed by atoms with E-state index >= 15 is 0 Å². The maximum atomic E-state index is 14.5. The molecule has 2 heterocycles. The molecule has 2 amide bonds. The second-order valence-electron chi connectivity index (χ2n) is 9.43. The van der Waals surface area contributed by atoms with Gasteiger partial charge in [0.05, 0.1) is 18.8 Å². The summed E-state index contributed by atoms with van der Waals surface area (Å²) in [4.78, 5) is 30.9. The summed E-state index contributed by atoms with van der Waals surface area (Å²) in [5, 5.41) is 17.1. The quantitative estimate of drug-likeness (QED) is 0.358. The zero-order valence-corrected chi connectivity index (χ0v) is 21.3. The van der Waals surface area contributed by atoms with Gasteiger partial charge in [-0.3, -0.25) is 14.6 Å². The number of carbonyl (C=O) groups excluding carboxylic acids is 2. The predicted octanol–water partition coefficient (Wildman–Crippen LogP) is 2.25. The smallest absolute Gasteiger partial charge is 0.242 e. The first-order valence-electron chi connectivity index (χ1n) is 12.7. The maximum absolute atomic E-state index is 14.5. The lowest BCUT2D eigenvalue weighted by atomic mass is 9.94. The first-order chi connectivity index (χ1) is 18.4. The van der Waals surface area contributed by atoms with Crippen LogP contribution in [-0.2, 0) is 29.0 Å². The van der Waals surface area contributed by atoms with Gasteiger partial charge in [0.25, 0.3) is 0 Å². The first-order valence-corrected chi connectivity index (χ1v) is 12.7. The molecule has 200 valence electrons. The monoisotopic (exact) mass is 520 g/mol. The Hall–Kier alpha value is -3.82. The molecule has 8 nitrogen and oxygen atoms in total. The van der Waals surface area contributed by atoms with Gasteiger partial charge in [0.2, 0.25) is 11.8 Å². The number of piperazine rings is 1. The highest BCUT2D eigenvalue weighted by atomic mass is 19.1. The van der Waals surface area contributed by atoms with Crippen LogP contribution < -0.4 is 15.4 Å². The van der Waals surface area contributed by atoms with E-state index in [1.807, 2.05) is 42.5 Å². The second-order valence-corrected chi connectivity index (χ2v) is 9.43. The molecule has 0 saturated carbocycles. The van der Waals surface area contributed by atoms with Gasteiger partial charge in [-0.2, -0.15) is 0 Å². The fourth-order valence-corrected chi connectivity index (χ4v) is 4.64. The van der Waals surface area contributed by atoms with Gasteiger partial charge in [0, 0.05) is 51.4 Å². The Bertz CT molecular complexity index is 1210. The summed E-state index contributed by atoms with van der Waals surface area (Å²) in [5.74, 6) is -0.740. The van der Waals surface area contributed by atoms with Crippen LogP contribution in [0.2, 0.25) is 0 Å². The van der Waals surface area contributed by atoms with Crippen LogP contribution in [0.25, 0.3) is 0 Å². The topological polar surface area (TPSA) is 104 Å². The van der Waals surface area contributed by atoms with Gasteiger partial charge in [-0.1, -0.05) is 30.3 Å². The third-order valence-electron chi connectivity index (χ3n) is 6.48. The summed E-state index contributed by atoms with van der Waals surface area (Å²) in [7, 11) is 0. The average Bonchev–Trinajstić information content (AvgIpc) is 2.90. The average molecular weight is 521 g/mol. The van der Waals surface area contributed by atoms with E-state index in [0.29, 0.717) is 44.0 Å². The predicted molar refractivity (Wildman–Crippen MR) is 141 cm³/mol. The van der Waals surface area contributed by atoms with Gasteiger partial charge in [0.1, 0.15) is 17.6 Å². The summed E-state index contributed by atoms with van der Waals surface area (Å²) >= 11 is 0. The molecule has 0 radical (unpaired) electrons. The Morgan fingerprint density at radius 3 is 2.66 bits per heavy atom. The molecule has 1 aliphatic rings. The molecule has 1 aliphatic heterocycles. The number of hydrogen-bond donors (Lipinski definition) is 3. The number of aliphatic hydroxyl groups is 1. The highest BCUT2D eigenvalue weighted by molar-refractivity contribution is 5.83. The minimum absolute atomic E-state index is 0.114. The van der Waals surface area contributed by atoms with Gasteiger partial charge in [-0.15, -0.1) is 0 Å². The normalized spacial score (nSPS) is 17.1. The van der Waals surface area contributed by atoms with Crippen LogP contribution in [0.3, 0.4) is 0 Å². The molecule has 0 aliphatic carbocycles. The fourth-order valence-electron chi connectivity index (χ4n) is 4.64. The molecule has 1 saturated heterocycles. The van der Waals surface area contributed by atoms with Crippen LogP contribution in [0, 0.1) is 5.82 Å². The molecule has 1 fully saturated rings. The Kier molecular flexibility index (Phi) is 9.40. The van der Waals surface area contributed by atoms with Gasteiger partial charge in [0.15, 0.2) is 0 Å². The third kappa shape index (κ3) is 7.60. The van der Waals surface area contributed by atoms with Gasteiger partial charge >= 0.3 is 0 Å². The van der Waals surface area contributed by atoms with Crippen molar-refractivity contribution in [2.24, 2.45) is 0 Å². The largest absolute Gasteiger partial charge is 0.493 e. The van der Waals surface area contributed by atoms with Gasteiger partial charge in [-0.05, 0) is 47.4 Å². The Labute approximate surface area is 221 Å². The minimum Gasteiger partial charge on any atom is -0.493 e. The van der Waals surface area contributed by atoms with E-state index in [4.69, 9.17) is 4.74 Å². The zero-order valence-electron chi connectivity index (χ0n) is 21.3. The van der Waals surface area contributed by atoms with Crippen molar-refractivity contribution in [1.29, 1.82) is 0 Å². The molecule has 38 heavy (non-hydrogen) atoms. The van der Waals surface area contributed by atoms with E-state index < -0.39 is 24.0 Å². The molecule has 0 spiro atoms. The first kappa shape index (κ1) is 27.2. The Morgan fingerprint density at radius 2 is 1.92 bits per heavy atom. The van der Waals surface area contributed by atoms with Crippen molar-refractivity contribution in [3.63, 3.8) is 0 Å². The maximum Gasteiger partial charge on any atom is 0.242 e. The molecule has 4 rings (SSSR count). The van der Waals surface area contributed by atoms with Crippen molar-refractivity contribution in [2.45, 2.75) is 44.5 Å². The third-order valence-corrected chi connectivity index (χ3v) is 6.48. The lowest BCUT2D eigenvalue weighted by Gasteiger charge is -2.38. The number of halogens is 1. The lowest BCUT2D eigenvalue weighted by molar-refractivity contribution is -0.141. The zero-order chi connectivity index (χ0) is 26.9. The molecular formula is C29H33FN4O4. The van der Waals surface area contributed by atoms with Crippen molar-refractivity contribution in [3.05, 3.63) is 95.6 Å². The number of rotatable bonds is 11. The summed E-state index contributed by atoms with van der Waals surface area (Å²) in [6, 6.07) is 16.0. The van der Waals surface area contributed by atoms with E-state index in [0.717, 1.165) is 11.1 Å². The van der Waals surface area contributed by atoms with Crippen molar-refractivity contribution in [2.75, 3.05) is 19.7 Å². The summed E-state index contributed by atoms with van der Waals surface area (Å²) in [6.45, 7) is 3.13. The second kappa shape index (κ2) is 13.1. The minimum atomic E-state index is -1.23. The molecule has 3 atom stereocenters.